The highest BCUT2D eigenvalue weighted by Crippen LogP contribution is 2.25. The van der Waals surface area contributed by atoms with Crippen LogP contribution in [0.5, 0.6) is 0 Å². The Morgan fingerprint density at radius 1 is 1.40 bits per heavy atom. The lowest BCUT2D eigenvalue weighted by atomic mass is 10.3. The van der Waals surface area contributed by atoms with Crippen LogP contribution in [0.3, 0.4) is 0 Å². The summed E-state index contributed by atoms with van der Waals surface area (Å²) >= 11 is 11.8. The number of cyclic esters (lactones) is 1. The van der Waals surface area contributed by atoms with Crippen LogP contribution >= 0.6 is 23.2 Å². The molecule has 1 aromatic rings. The summed E-state index contributed by atoms with van der Waals surface area (Å²) in [6.07, 6.45) is 0.593. The maximum atomic E-state index is 11.8. The van der Waals surface area contributed by atoms with Crippen LogP contribution in [-0.4, -0.2) is 36.6 Å². The molecule has 1 saturated heterocycles. The van der Waals surface area contributed by atoms with E-state index < -0.39 is 0 Å². The van der Waals surface area contributed by atoms with Crippen LogP contribution in [0.4, 0.5) is 10.5 Å². The van der Waals surface area contributed by atoms with Crippen molar-refractivity contribution in [2.75, 3.05) is 25.0 Å². The number of nitrogens with zero attached hydrogens (tertiary/aromatic N) is 1. The van der Waals surface area contributed by atoms with Gasteiger partial charge in [0.25, 0.3) is 0 Å². The topological polar surface area (TPSA) is 58.6 Å². The van der Waals surface area contributed by atoms with Gasteiger partial charge in [-0.1, -0.05) is 23.2 Å². The van der Waals surface area contributed by atoms with E-state index in [0.29, 0.717) is 35.4 Å². The Morgan fingerprint density at radius 2 is 2.20 bits per heavy atom. The molecule has 1 aliphatic heterocycles. The second-order valence-electron chi connectivity index (χ2n) is 4.38. The van der Waals surface area contributed by atoms with Gasteiger partial charge in [0.2, 0.25) is 5.91 Å². The van der Waals surface area contributed by atoms with Gasteiger partial charge in [-0.25, -0.2) is 4.79 Å². The fraction of sp³-hybridized carbons (Fsp3) is 0.385. The standard InChI is InChI=1S/C13H14Cl2N2O3/c14-9-2-3-10(15)11(8-9)16-12(18)4-6-17-5-1-7-20-13(17)19/h2-3,8H,1,4-7H2,(H,16,18). The van der Waals surface area contributed by atoms with Crippen LogP contribution in [0.15, 0.2) is 18.2 Å². The zero-order valence-corrected chi connectivity index (χ0v) is 12.2. The Bertz CT molecular complexity index is 522. The van der Waals surface area contributed by atoms with E-state index in [9.17, 15) is 9.59 Å². The van der Waals surface area contributed by atoms with E-state index in [2.05, 4.69) is 5.32 Å². The van der Waals surface area contributed by atoms with Crippen molar-refractivity contribution in [3.05, 3.63) is 28.2 Å². The molecule has 0 atom stereocenters. The van der Waals surface area contributed by atoms with Crippen molar-refractivity contribution in [1.29, 1.82) is 0 Å². The van der Waals surface area contributed by atoms with Crippen LogP contribution in [-0.2, 0) is 9.53 Å². The van der Waals surface area contributed by atoms with Crippen LogP contribution in [0.2, 0.25) is 10.0 Å². The minimum Gasteiger partial charge on any atom is -0.449 e. The molecule has 1 heterocycles. The summed E-state index contributed by atoms with van der Waals surface area (Å²) in [5.41, 5.74) is 0.463. The van der Waals surface area contributed by atoms with Crippen LogP contribution in [0, 0.1) is 0 Å². The minimum atomic E-state index is -0.371. The van der Waals surface area contributed by atoms with Crippen molar-refractivity contribution in [2.24, 2.45) is 0 Å². The van der Waals surface area contributed by atoms with Gasteiger partial charge in [-0.2, -0.15) is 0 Å². The highest BCUT2D eigenvalue weighted by atomic mass is 35.5. The lowest BCUT2D eigenvalue weighted by molar-refractivity contribution is -0.116. The number of benzene rings is 1. The van der Waals surface area contributed by atoms with Gasteiger partial charge in [-0.3, -0.25) is 4.79 Å². The highest BCUT2D eigenvalue weighted by molar-refractivity contribution is 6.35. The fourth-order valence-corrected chi connectivity index (χ4v) is 2.18. The van der Waals surface area contributed by atoms with Gasteiger partial charge < -0.3 is 15.0 Å². The molecule has 0 aromatic heterocycles. The maximum Gasteiger partial charge on any atom is 0.409 e. The Labute approximate surface area is 126 Å². The Kier molecular flexibility index (Phi) is 5.09. The van der Waals surface area contributed by atoms with Gasteiger partial charge in [0.1, 0.15) is 0 Å². The first-order valence-corrected chi connectivity index (χ1v) is 6.98. The average molecular weight is 317 g/mol. The van der Waals surface area contributed by atoms with Crippen molar-refractivity contribution in [3.8, 4) is 0 Å². The molecule has 0 bridgehead atoms. The van der Waals surface area contributed by atoms with Gasteiger partial charge in [0.05, 0.1) is 17.3 Å². The fourth-order valence-electron chi connectivity index (χ4n) is 1.84. The number of hydrogen-bond acceptors (Lipinski definition) is 3. The van der Waals surface area contributed by atoms with Gasteiger partial charge in [-0.15, -0.1) is 0 Å². The molecule has 0 aliphatic carbocycles. The van der Waals surface area contributed by atoms with E-state index in [0.717, 1.165) is 6.42 Å². The van der Waals surface area contributed by atoms with Crippen molar-refractivity contribution in [2.45, 2.75) is 12.8 Å². The van der Waals surface area contributed by atoms with Crippen LogP contribution in [0.1, 0.15) is 12.8 Å². The summed E-state index contributed by atoms with van der Waals surface area (Å²) in [6.45, 7) is 1.38. The number of nitrogens with one attached hydrogen (secondary N) is 1. The van der Waals surface area contributed by atoms with E-state index in [4.69, 9.17) is 27.9 Å². The number of anilines is 1. The van der Waals surface area contributed by atoms with Crippen molar-refractivity contribution in [3.63, 3.8) is 0 Å². The molecule has 5 nitrogen and oxygen atoms in total. The normalized spacial score (nSPS) is 14.9. The monoisotopic (exact) mass is 316 g/mol. The molecule has 1 aromatic carbocycles. The lowest BCUT2D eigenvalue weighted by Crippen LogP contribution is -2.39. The van der Waals surface area contributed by atoms with Crippen molar-refractivity contribution in [1.82, 2.24) is 4.90 Å². The van der Waals surface area contributed by atoms with Gasteiger partial charge in [0, 0.05) is 24.5 Å². The van der Waals surface area contributed by atoms with E-state index >= 15 is 0 Å². The van der Waals surface area contributed by atoms with E-state index in [1.54, 1.807) is 18.2 Å². The zero-order valence-electron chi connectivity index (χ0n) is 10.7. The summed E-state index contributed by atoms with van der Waals surface area (Å²) in [4.78, 5) is 24.7. The molecule has 0 saturated carbocycles. The number of halogens is 2. The molecular weight excluding hydrogens is 303 g/mol. The van der Waals surface area contributed by atoms with Crippen LogP contribution in [0.25, 0.3) is 0 Å². The summed E-state index contributed by atoms with van der Waals surface area (Å²) in [5, 5.41) is 3.58. The third-order valence-corrected chi connectivity index (χ3v) is 3.43. The molecule has 1 N–H and O–H groups in total. The Balaban J connectivity index is 1.86. The summed E-state index contributed by atoms with van der Waals surface area (Å²) in [5.74, 6) is -0.229. The smallest absolute Gasteiger partial charge is 0.409 e. The number of amides is 2. The summed E-state index contributed by atoms with van der Waals surface area (Å²) in [7, 11) is 0. The number of carbonyl (C=O) groups is 2. The van der Waals surface area contributed by atoms with Gasteiger partial charge in [0.15, 0.2) is 0 Å². The molecule has 2 amide bonds. The average Bonchev–Trinajstić information content (AvgIpc) is 2.42. The third kappa shape index (κ3) is 4.02. The molecular formula is C13H14Cl2N2O3. The number of ether oxygens (including phenoxy) is 1. The zero-order chi connectivity index (χ0) is 14.5. The molecule has 2 rings (SSSR count). The molecule has 108 valence electrons. The molecule has 0 unspecified atom stereocenters. The van der Waals surface area contributed by atoms with E-state index in [1.165, 1.54) is 4.90 Å². The molecule has 1 aliphatic rings. The number of carbonyl (C=O) groups excluding carboxylic acids is 2. The first-order valence-electron chi connectivity index (χ1n) is 6.23. The van der Waals surface area contributed by atoms with E-state index in [1.807, 2.05) is 0 Å². The molecule has 20 heavy (non-hydrogen) atoms. The third-order valence-electron chi connectivity index (χ3n) is 2.87. The molecule has 1 fully saturated rings. The molecule has 7 heteroatoms. The summed E-state index contributed by atoms with van der Waals surface area (Å²) in [6, 6.07) is 4.84. The van der Waals surface area contributed by atoms with E-state index in [-0.39, 0.29) is 18.4 Å². The molecule has 0 radical (unpaired) electrons. The Hall–Kier alpha value is -1.46. The van der Waals surface area contributed by atoms with Crippen LogP contribution < -0.4 is 5.32 Å². The Morgan fingerprint density at radius 3 is 2.95 bits per heavy atom. The maximum absolute atomic E-state index is 11.8. The second kappa shape index (κ2) is 6.81. The summed E-state index contributed by atoms with van der Waals surface area (Å²) < 4.78 is 4.89. The minimum absolute atomic E-state index is 0.179. The lowest BCUT2D eigenvalue weighted by Gasteiger charge is -2.25. The van der Waals surface area contributed by atoms with Crippen molar-refractivity contribution < 1.29 is 14.3 Å². The second-order valence-corrected chi connectivity index (χ2v) is 5.22. The first kappa shape index (κ1) is 14.9. The first-order chi connectivity index (χ1) is 9.56. The highest BCUT2D eigenvalue weighted by Gasteiger charge is 2.20. The molecule has 0 spiro atoms. The van der Waals surface area contributed by atoms with Gasteiger partial charge >= 0.3 is 6.09 Å². The number of hydrogen-bond donors (Lipinski definition) is 1. The predicted octanol–water partition coefficient (Wildman–Crippen LogP) is 3.16. The predicted molar refractivity (Wildman–Crippen MR) is 77.2 cm³/mol. The van der Waals surface area contributed by atoms with Crippen molar-refractivity contribution >= 4 is 40.9 Å². The quantitative estimate of drug-likeness (QED) is 0.928. The number of rotatable bonds is 4. The van der Waals surface area contributed by atoms with Gasteiger partial charge in [-0.05, 0) is 24.6 Å². The largest absolute Gasteiger partial charge is 0.449 e. The SMILES string of the molecule is O=C(CCN1CCCOC1=O)Nc1cc(Cl)ccc1Cl.